The standard InChI is InChI=1S/C16H15NO2/c1-11-6-12(2)8-14(7-11)16(19)9-15(18)13-4-3-5-17-10-13/h3-8,10H,9H2,1-2H3. The highest BCUT2D eigenvalue weighted by atomic mass is 16.1. The Balaban J connectivity index is 2.15. The maximum absolute atomic E-state index is 12.1. The van der Waals surface area contributed by atoms with Crippen molar-refractivity contribution in [1.82, 2.24) is 4.98 Å². The summed E-state index contributed by atoms with van der Waals surface area (Å²) in [7, 11) is 0. The lowest BCUT2D eigenvalue weighted by Crippen LogP contribution is -2.09. The van der Waals surface area contributed by atoms with Gasteiger partial charge in [0.05, 0.1) is 6.42 Å². The Labute approximate surface area is 112 Å². The first-order valence-corrected chi connectivity index (χ1v) is 6.11. The Kier molecular flexibility index (Phi) is 3.85. The Morgan fingerprint density at radius 1 is 1.00 bits per heavy atom. The zero-order valence-electron chi connectivity index (χ0n) is 11.0. The lowest BCUT2D eigenvalue weighted by molar-refractivity contribution is 0.0894. The highest BCUT2D eigenvalue weighted by Crippen LogP contribution is 2.12. The van der Waals surface area contributed by atoms with Crippen molar-refractivity contribution in [3.05, 3.63) is 65.0 Å². The highest BCUT2D eigenvalue weighted by Gasteiger charge is 2.14. The zero-order valence-corrected chi connectivity index (χ0v) is 11.0. The third kappa shape index (κ3) is 3.35. The number of nitrogens with zero attached hydrogens (tertiary/aromatic N) is 1. The van der Waals surface area contributed by atoms with Crippen LogP contribution in [0.25, 0.3) is 0 Å². The smallest absolute Gasteiger partial charge is 0.172 e. The van der Waals surface area contributed by atoms with Gasteiger partial charge in [-0.15, -0.1) is 0 Å². The monoisotopic (exact) mass is 253 g/mol. The van der Waals surface area contributed by atoms with Gasteiger partial charge < -0.3 is 0 Å². The molecule has 2 aromatic rings. The molecule has 0 bridgehead atoms. The number of benzene rings is 1. The molecule has 1 aromatic heterocycles. The van der Waals surface area contributed by atoms with Crippen LogP contribution in [0.2, 0.25) is 0 Å². The SMILES string of the molecule is Cc1cc(C)cc(C(=O)CC(=O)c2cccnc2)c1. The van der Waals surface area contributed by atoms with Crippen molar-refractivity contribution < 1.29 is 9.59 Å². The molecule has 1 heterocycles. The summed E-state index contributed by atoms with van der Waals surface area (Å²) < 4.78 is 0. The van der Waals surface area contributed by atoms with Gasteiger partial charge in [0.1, 0.15) is 0 Å². The minimum absolute atomic E-state index is 0.116. The highest BCUT2D eigenvalue weighted by molar-refractivity contribution is 6.13. The van der Waals surface area contributed by atoms with Crippen LogP contribution in [0.1, 0.15) is 38.3 Å². The number of Topliss-reactive ketones (excluding diaryl/α,β-unsaturated/α-hetero) is 2. The van der Waals surface area contributed by atoms with Crippen molar-refractivity contribution in [1.29, 1.82) is 0 Å². The van der Waals surface area contributed by atoms with Crippen molar-refractivity contribution in [3.63, 3.8) is 0 Å². The summed E-state index contributed by atoms with van der Waals surface area (Å²) in [5, 5.41) is 0. The van der Waals surface area contributed by atoms with Gasteiger partial charge in [-0.2, -0.15) is 0 Å². The molecule has 19 heavy (non-hydrogen) atoms. The van der Waals surface area contributed by atoms with E-state index >= 15 is 0 Å². The van der Waals surface area contributed by atoms with E-state index in [4.69, 9.17) is 0 Å². The fourth-order valence-corrected chi connectivity index (χ4v) is 2.01. The first-order chi connectivity index (χ1) is 9.06. The number of aryl methyl sites for hydroxylation is 2. The van der Waals surface area contributed by atoms with E-state index in [1.165, 1.54) is 6.20 Å². The van der Waals surface area contributed by atoms with E-state index in [0.717, 1.165) is 11.1 Å². The lowest BCUT2D eigenvalue weighted by Gasteiger charge is -2.04. The molecule has 0 radical (unpaired) electrons. The van der Waals surface area contributed by atoms with Gasteiger partial charge in [0.15, 0.2) is 11.6 Å². The second-order valence-corrected chi connectivity index (χ2v) is 4.64. The molecule has 0 amide bonds. The van der Waals surface area contributed by atoms with Crippen LogP contribution in [-0.4, -0.2) is 16.6 Å². The van der Waals surface area contributed by atoms with Gasteiger partial charge in [0.2, 0.25) is 0 Å². The van der Waals surface area contributed by atoms with Gasteiger partial charge in [-0.25, -0.2) is 0 Å². The molecule has 0 unspecified atom stereocenters. The van der Waals surface area contributed by atoms with Crippen LogP contribution >= 0.6 is 0 Å². The summed E-state index contributed by atoms with van der Waals surface area (Å²) in [4.78, 5) is 27.9. The molecule has 0 aliphatic heterocycles. The molecule has 0 saturated heterocycles. The predicted octanol–water partition coefficient (Wildman–Crippen LogP) is 3.15. The Hall–Kier alpha value is -2.29. The Morgan fingerprint density at radius 2 is 1.63 bits per heavy atom. The number of hydrogen-bond donors (Lipinski definition) is 0. The maximum Gasteiger partial charge on any atom is 0.172 e. The van der Waals surface area contributed by atoms with E-state index in [1.807, 2.05) is 32.0 Å². The first-order valence-electron chi connectivity index (χ1n) is 6.11. The van der Waals surface area contributed by atoms with E-state index in [1.54, 1.807) is 18.3 Å². The van der Waals surface area contributed by atoms with E-state index in [0.29, 0.717) is 11.1 Å². The number of aromatic nitrogens is 1. The summed E-state index contributed by atoms with van der Waals surface area (Å²) in [5.41, 5.74) is 3.12. The van der Waals surface area contributed by atoms with Gasteiger partial charge >= 0.3 is 0 Å². The van der Waals surface area contributed by atoms with Crippen molar-refractivity contribution in [2.24, 2.45) is 0 Å². The van der Waals surface area contributed by atoms with E-state index in [9.17, 15) is 9.59 Å². The second kappa shape index (κ2) is 5.57. The van der Waals surface area contributed by atoms with Gasteiger partial charge in [0, 0.05) is 23.5 Å². The largest absolute Gasteiger partial charge is 0.294 e. The van der Waals surface area contributed by atoms with Crippen LogP contribution in [0, 0.1) is 13.8 Å². The number of hydrogen-bond acceptors (Lipinski definition) is 3. The minimum Gasteiger partial charge on any atom is -0.294 e. The van der Waals surface area contributed by atoms with Crippen LogP contribution in [0.15, 0.2) is 42.7 Å². The summed E-state index contributed by atoms with van der Waals surface area (Å²) in [6.07, 6.45) is 2.97. The molecule has 3 heteroatoms. The molecule has 0 saturated carbocycles. The molecule has 0 atom stereocenters. The normalized spacial score (nSPS) is 10.2. The van der Waals surface area contributed by atoms with Crippen LogP contribution in [0.5, 0.6) is 0 Å². The fourth-order valence-electron chi connectivity index (χ4n) is 2.01. The predicted molar refractivity (Wildman–Crippen MR) is 73.4 cm³/mol. The van der Waals surface area contributed by atoms with Gasteiger partial charge in [0.25, 0.3) is 0 Å². The van der Waals surface area contributed by atoms with Crippen molar-refractivity contribution in [2.45, 2.75) is 20.3 Å². The molecule has 1 aromatic carbocycles. The first kappa shape index (κ1) is 13.1. The molecule has 0 aliphatic carbocycles. The average Bonchev–Trinajstić information content (AvgIpc) is 2.38. The summed E-state index contributed by atoms with van der Waals surface area (Å²) >= 11 is 0. The van der Waals surface area contributed by atoms with Gasteiger partial charge in [-0.1, -0.05) is 17.2 Å². The molecule has 3 nitrogen and oxygen atoms in total. The molecular formula is C16H15NO2. The topological polar surface area (TPSA) is 47.0 Å². The van der Waals surface area contributed by atoms with Crippen molar-refractivity contribution in [3.8, 4) is 0 Å². The summed E-state index contributed by atoms with van der Waals surface area (Å²) in [5.74, 6) is -0.349. The Morgan fingerprint density at radius 3 is 2.21 bits per heavy atom. The maximum atomic E-state index is 12.1. The average molecular weight is 253 g/mol. The number of pyridine rings is 1. The van der Waals surface area contributed by atoms with E-state index in [-0.39, 0.29) is 18.0 Å². The summed E-state index contributed by atoms with van der Waals surface area (Å²) in [6.45, 7) is 3.87. The van der Waals surface area contributed by atoms with Gasteiger partial charge in [-0.05, 0) is 38.1 Å². The lowest BCUT2D eigenvalue weighted by atomic mass is 9.99. The molecule has 0 N–H and O–H groups in total. The molecule has 0 spiro atoms. The van der Waals surface area contributed by atoms with Crippen LogP contribution in [-0.2, 0) is 0 Å². The molecule has 0 aliphatic rings. The van der Waals surface area contributed by atoms with E-state index in [2.05, 4.69) is 4.98 Å². The van der Waals surface area contributed by atoms with Crippen LogP contribution < -0.4 is 0 Å². The van der Waals surface area contributed by atoms with Crippen LogP contribution in [0.3, 0.4) is 0 Å². The molecule has 96 valence electrons. The number of rotatable bonds is 4. The number of carbonyl (C=O) groups is 2. The van der Waals surface area contributed by atoms with Crippen molar-refractivity contribution in [2.75, 3.05) is 0 Å². The fraction of sp³-hybridized carbons (Fsp3) is 0.188. The summed E-state index contributed by atoms with van der Waals surface area (Å²) in [6, 6.07) is 8.98. The van der Waals surface area contributed by atoms with Crippen LogP contribution in [0.4, 0.5) is 0 Å². The molecule has 0 fully saturated rings. The van der Waals surface area contributed by atoms with E-state index < -0.39 is 0 Å². The van der Waals surface area contributed by atoms with Gasteiger partial charge in [-0.3, -0.25) is 14.6 Å². The number of carbonyl (C=O) groups excluding carboxylic acids is 2. The number of ketones is 2. The second-order valence-electron chi connectivity index (χ2n) is 4.64. The molecular weight excluding hydrogens is 238 g/mol. The molecule has 2 rings (SSSR count). The minimum atomic E-state index is -0.197. The Bertz CT molecular complexity index is 598. The third-order valence-electron chi connectivity index (χ3n) is 2.85. The third-order valence-corrected chi connectivity index (χ3v) is 2.85. The van der Waals surface area contributed by atoms with Crippen molar-refractivity contribution >= 4 is 11.6 Å². The zero-order chi connectivity index (χ0) is 13.8. The quantitative estimate of drug-likeness (QED) is 0.621.